The van der Waals surface area contributed by atoms with Crippen LogP contribution in [0.4, 0.5) is 0 Å². The van der Waals surface area contributed by atoms with Crippen molar-refractivity contribution in [1.82, 2.24) is 14.5 Å². The van der Waals surface area contributed by atoms with Crippen LogP contribution in [0.2, 0.25) is 0 Å². The van der Waals surface area contributed by atoms with Crippen LogP contribution in [-0.2, 0) is 0 Å². The molecule has 0 N–H and O–H groups in total. The molecule has 0 radical (unpaired) electrons. The number of nitrogens with zero attached hydrogens (tertiary/aromatic N) is 3. The lowest BCUT2D eigenvalue weighted by molar-refractivity contribution is 0.669. The smallest absolute Gasteiger partial charge is 0.149 e. The highest BCUT2D eigenvalue weighted by Crippen LogP contribution is 2.40. The molecule has 0 saturated carbocycles. The van der Waals surface area contributed by atoms with Gasteiger partial charge in [-0.3, -0.25) is 9.55 Å². The van der Waals surface area contributed by atoms with Crippen molar-refractivity contribution in [3.63, 3.8) is 0 Å². The van der Waals surface area contributed by atoms with Gasteiger partial charge in [0.25, 0.3) is 0 Å². The van der Waals surface area contributed by atoms with Crippen LogP contribution in [0.3, 0.4) is 0 Å². The Morgan fingerprint density at radius 3 is 2.23 bits per heavy atom. The SMILES string of the molecule is Cc1cc2nc(-c3cccc4c3oc3ccccc34)n(-c3c(C(C)C)cccc3C(C)C)c2cn1. The van der Waals surface area contributed by atoms with E-state index in [1.807, 2.05) is 25.3 Å². The zero-order chi connectivity index (χ0) is 24.3. The maximum atomic E-state index is 6.44. The van der Waals surface area contributed by atoms with Crippen LogP contribution >= 0.6 is 0 Å². The summed E-state index contributed by atoms with van der Waals surface area (Å²) in [6.07, 6.45) is 1.96. The van der Waals surface area contributed by atoms with Crippen molar-refractivity contribution in [3.8, 4) is 17.1 Å². The summed E-state index contributed by atoms with van der Waals surface area (Å²) in [4.78, 5) is 9.87. The molecule has 0 aliphatic carbocycles. The maximum Gasteiger partial charge on any atom is 0.149 e. The summed E-state index contributed by atoms with van der Waals surface area (Å²) in [6.45, 7) is 11.0. The Morgan fingerprint density at radius 1 is 0.800 bits per heavy atom. The predicted molar refractivity (Wildman–Crippen MR) is 144 cm³/mol. The molecule has 0 amide bonds. The Hall–Kier alpha value is -3.92. The van der Waals surface area contributed by atoms with E-state index in [2.05, 4.69) is 91.8 Å². The van der Waals surface area contributed by atoms with Gasteiger partial charge >= 0.3 is 0 Å². The summed E-state index contributed by atoms with van der Waals surface area (Å²) in [7, 11) is 0. The van der Waals surface area contributed by atoms with Gasteiger partial charge in [0.1, 0.15) is 17.0 Å². The summed E-state index contributed by atoms with van der Waals surface area (Å²) in [5, 5.41) is 2.22. The number of pyridine rings is 1. The van der Waals surface area contributed by atoms with Gasteiger partial charge in [0.05, 0.1) is 28.5 Å². The van der Waals surface area contributed by atoms with E-state index in [-0.39, 0.29) is 0 Å². The van der Waals surface area contributed by atoms with Crippen LogP contribution in [0.5, 0.6) is 0 Å². The van der Waals surface area contributed by atoms with E-state index in [1.165, 1.54) is 16.8 Å². The van der Waals surface area contributed by atoms with Crippen molar-refractivity contribution >= 4 is 33.0 Å². The van der Waals surface area contributed by atoms with Gasteiger partial charge in [-0.05, 0) is 48.1 Å². The lowest BCUT2D eigenvalue weighted by atomic mass is 9.92. The number of rotatable bonds is 4. The second-order valence-corrected chi connectivity index (χ2v) is 9.96. The van der Waals surface area contributed by atoms with Crippen molar-refractivity contribution in [2.45, 2.75) is 46.5 Å². The van der Waals surface area contributed by atoms with Crippen molar-refractivity contribution in [3.05, 3.63) is 89.7 Å². The van der Waals surface area contributed by atoms with Gasteiger partial charge < -0.3 is 4.42 Å². The number of aryl methyl sites for hydroxylation is 1. The maximum absolute atomic E-state index is 6.44. The molecule has 3 heterocycles. The Morgan fingerprint density at radius 2 is 1.49 bits per heavy atom. The Balaban J connectivity index is 1.78. The standard InChI is InChI=1S/C31H29N3O/c1-18(2)21-11-8-12-22(19(3)4)29(21)34-27-17-32-20(5)16-26(27)33-31(34)25-14-9-13-24-23-10-6-7-15-28(23)35-30(24)25/h6-19H,1-5H3. The van der Waals surface area contributed by atoms with Gasteiger partial charge in [0, 0.05) is 16.5 Å². The van der Waals surface area contributed by atoms with Crippen LogP contribution in [0.15, 0.2) is 77.3 Å². The summed E-state index contributed by atoms with van der Waals surface area (Å²) in [5.41, 5.74) is 9.45. The zero-order valence-electron chi connectivity index (χ0n) is 20.8. The number of furan rings is 1. The van der Waals surface area contributed by atoms with Gasteiger partial charge in [-0.15, -0.1) is 0 Å². The van der Waals surface area contributed by atoms with Crippen LogP contribution in [0.25, 0.3) is 50.0 Å². The molecule has 0 spiro atoms. The minimum atomic E-state index is 0.356. The number of para-hydroxylation sites is 3. The van der Waals surface area contributed by atoms with Crippen molar-refractivity contribution in [1.29, 1.82) is 0 Å². The third-order valence-electron chi connectivity index (χ3n) is 6.89. The number of fused-ring (bicyclic) bond motifs is 4. The topological polar surface area (TPSA) is 43.9 Å². The van der Waals surface area contributed by atoms with E-state index < -0.39 is 0 Å². The van der Waals surface area contributed by atoms with Crippen molar-refractivity contribution < 1.29 is 4.42 Å². The highest BCUT2D eigenvalue weighted by atomic mass is 16.3. The Bertz CT molecular complexity index is 1690. The molecule has 0 atom stereocenters. The fourth-order valence-electron chi connectivity index (χ4n) is 5.18. The minimum absolute atomic E-state index is 0.356. The van der Waals surface area contributed by atoms with E-state index in [4.69, 9.17) is 9.40 Å². The van der Waals surface area contributed by atoms with Gasteiger partial charge in [-0.2, -0.15) is 0 Å². The molecule has 6 rings (SSSR count). The molecule has 0 saturated heterocycles. The highest BCUT2D eigenvalue weighted by molar-refractivity contribution is 6.09. The molecule has 0 aliphatic rings. The van der Waals surface area contributed by atoms with E-state index in [9.17, 15) is 0 Å². The number of benzene rings is 3. The molecule has 0 fully saturated rings. The molecule has 35 heavy (non-hydrogen) atoms. The minimum Gasteiger partial charge on any atom is -0.455 e. The average molecular weight is 460 g/mol. The monoisotopic (exact) mass is 459 g/mol. The van der Waals surface area contributed by atoms with E-state index in [0.717, 1.165) is 50.1 Å². The zero-order valence-corrected chi connectivity index (χ0v) is 20.8. The van der Waals surface area contributed by atoms with Gasteiger partial charge in [0.2, 0.25) is 0 Å². The van der Waals surface area contributed by atoms with Gasteiger partial charge in [0.15, 0.2) is 0 Å². The van der Waals surface area contributed by atoms with Crippen LogP contribution < -0.4 is 0 Å². The molecule has 0 bridgehead atoms. The molecule has 4 nitrogen and oxygen atoms in total. The highest BCUT2D eigenvalue weighted by Gasteiger charge is 2.24. The third-order valence-corrected chi connectivity index (χ3v) is 6.89. The Labute approximate surface area is 205 Å². The van der Waals surface area contributed by atoms with Crippen molar-refractivity contribution in [2.75, 3.05) is 0 Å². The first-order chi connectivity index (χ1) is 16.9. The first-order valence-electron chi connectivity index (χ1n) is 12.3. The summed E-state index contributed by atoms with van der Waals surface area (Å²) in [6, 6.07) is 23.3. The Kier molecular flexibility index (Phi) is 4.99. The van der Waals surface area contributed by atoms with E-state index in [0.29, 0.717) is 11.8 Å². The van der Waals surface area contributed by atoms with Gasteiger partial charge in [-0.1, -0.05) is 76.2 Å². The second-order valence-electron chi connectivity index (χ2n) is 9.96. The number of hydrogen-bond donors (Lipinski definition) is 0. The van der Waals surface area contributed by atoms with Gasteiger partial charge in [-0.25, -0.2) is 4.98 Å². The molecule has 6 aromatic rings. The largest absolute Gasteiger partial charge is 0.455 e. The number of imidazole rings is 1. The first-order valence-corrected chi connectivity index (χ1v) is 12.3. The molecule has 3 aromatic carbocycles. The molecule has 4 heteroatoms. The number of hydrogen-bond acceptors (Lipinski definition) is 3. The van der Waals surface area contributed by atoms with E-state index in [1.54, 1.807) is 0 Å². The van der Waals surface area contributed by atoms with Crippen molar-refractivity contribution in [2.24, 2.45) is 0 Å². The van der Waals surface area contributed by atoms with Crippen LogP contribution in [0.1, 0.15) is 56.4 Å². The molecule has 0 unspecified atom stereocenters. The number of aromatic nitrogens is 3. The third kappa shape index (κ3) is 3.35. The fourth-order valence-corrected chi connectivity index (χ4v) is 5.18. The summed E-state index contributed by atoms with van der Waals surface area (Å²) >= 11 is 0. The second kappa shape index (κ2) is 8.09. The molecule has 0 aliphatic heterocycles. The quantitative estimate of drug-likeness (QED) is 0.265. The fraction of sp³-hybridized carbons (Fsp3) is 0.226. The lowest BCUT2D eigenvalue weighted by Gasteiger charge is -2.22. The predicted octanol–water partition coefficient (Wildman–Crippen LogP) is 8.54. The normalized spacial score (nSPS) is 12.1. The summed E-state index contributed by atoms with van der Waals surface area (Å²) < 4.78 is 8.75. The first kappa shape index (κ1) is 21.6. The van der Waals surface area contributed by atoms with E-state index >= 15 is 0 Å². The van der Waals surface area contributed by atoms with Crippen LogP contribution in [0, 0.1) is 6.92 Å². The van der Waals surface area contributed by atoms with Crippen LogP contribution in [-0.4, -0.2) is 14.5 Å². The molecule has 174 valence electrons. The lowest BCUT2D eigenvalue weighted by Crippen LogP contribution is -2.08. The average Bonchev–Trinajstić information content (AvgIpc) is 3.41. The molecular weight excluding hydrogens is 430 g/mol. The summed E-state index contributed by atoms with van der Waals surface area (Å²) in [5.74, 6) is 1.59. The molecule has 3 aromatic heterocycles. The molecular formula is C31H29N3O.